The number of anilines is 1. The molecule has 2 fully saturated rings. The number of aromatic nitrogens is 1. The first-order chi connectivity index (χ1) is 16.1. The van der Waals surface area contributed by atoms with Crippen LogP contribution in [-0.2, 0) is 0 Å². The van der Waals surface area contributed by atoms with Gasteiger partial charge in [0.05, 0.1) is 10.2 Å². The van der Waals surface area contributed by atoms with Gasteiger partial charge in [0.1, 0.15) is 0 Å². The third kappa shape index (κ3) is 3.91. The molecule has 5 heteroatoms. The van der Waals surface area contributed by atoms with E-state index in [1.807, 2.05) is 18.2 Å². The molecule has 0 radical (unpaired) electrons. The molecule has 0 aliphatic carbocycles. The Labute approximate surface area is 198 Å². The minimum absolute atomic E-state index is 0.167. The van der Waals surface area contributed by atoms with Gasteiger partial charge in [-0.3, -0.25) is 4.79 Å². The highest BCUT2D eigenvalue weighted by Gasteiger charge is 2.37. The zero-order chi connectivity index (χ0) is 22.4. The van der Waals surface area contributed by atoms with Crippen molar-refractivity contribution in [1.29, 1.82) is 0 Å². The van der Waals surface area contributed by atoms with Gasteiger partial charge in [-0.15, -0.1) is 0 Å². The summed E-state index contributed by atoms with van der Waals surface area (Å²) in [5.41, 5.74) is 5.15. The minimum Gasteiger partial charge on any atom is -0.347 e. The number of likely N-dealkylation sites (tertiary alicyclic amines) is 1. The van der Waals surface area contributed by atoms with Crippen molar-refractivity contribution >= 4 is 32.6 Å². The van der Waals surface area contributed by atoms with E-state index >= 15 is 0 Å². The van der Waals surface area contributed by atoms with Crippen molar-refractivity contribution < 1.29 is 4.79 Å². The van der Waals surface area contributed by atoms with E-state index in [2.05, 4.69) is 71.3 Å². The predicted molar refractivity (Wildman–Crippen MR) is 136 cm³/mol. The second-order valence-electron chi connectivity index (χ2n) is 9.46. The van der Waals surface area contributed by atoms with Crippen LogP contribution < -0.4 is 4.90 Å². The molecule has 1 aromatic heterocycles. The molecule has 6 rings (SSSR count). The van der Waals surface area contributed by atoms with Gasteiger partial charge < -0.3 is 9.80 Å². The number of piperidine rings is 2. The number of para-hydroxylation sites is 1. The number of rotatable bonds is 3. The summed E-state index contributed by atoms with van der Waals surface area (Å²) in [6.45, 7) is 5.64. The first kappa shape index (κ1) is 20.4. The molecule has 0 N–H and O–H groups in total. The average Bonchev–Trinajstić information content (AvgIpc) is 3.28. The zero-order valence-corrected chi connectivity index (χ0v) is 19.6. The molecule has 2 unspecified atom stereocenters. The van der Waals surface area contributed by atoms with Gasteiger partial charge in [-0.2, -0.15) is 0 Å². The van der Waals surface area contributed by atoms with Gasteiger partial charge in [0.2, 0.25) is 0 Å². The van der Waals surface area contributed by atoms with Crippen LogP contribution in [0.25, 0.3) is 21.3 Å². The van der Waals surface area contributed by atoms with Crippen LogP contribution in [0, 0.1) is 18.8 Å². The summed E-state index contributed by atoms with van der Waals surface area (Å²) in [7, 11) is 0. The van der Waals surface area contributed by atoms with E-state index in [4.69, 9.17) is 4.98 Å². The lowest BCUT2D eigenvalue weighted by Gasteiger charge is -2.46. The van der Waals surface area contributed by atoms with Crippen molar-refractivity contribution in [1.82, 2.24) is 9.88 Å². The van der Waals surface area contributed by atoms with E-state index < -0.39 is 0 Å². The van der Waals surface area contributed by atoms with Crippen LogP contribution in [0.3, 0.4) is 0 Å². The Bertz CT molecular complexity index is 1270. The Morgan fingerprint density at radius 2 is 1.64 bits per heavy atom. The van der Waals surface area contributed by atoms with Gasteiger partial charge in [0.25, 0.3) is 5.91 Å². The maximum Gasteiger partial charge on any atom is 0.254 e. The van der Waals surface area contributed by atoms with Crippen molar-refractivity contribution in [3.05, 3.63) is 83.9 Å². The SMILES string of the molecule is Cc1ccc(-c2ccccc2)c(C(=O)N2CC3CC(C2)CN(c2nc4ccccc4s2)C3)c1. The Morgan fingerprint density at radius 1 is 0.909 bits per heavy atom. The number of carbonyl (C=O) groups is 1. The Hall–Kier alpha value is -3.18. The third-order valence-electron chi connectivity index (χ3n) is 6.91. The molecule has 0 saturated carbocycles. The molecule has 33 heavy (non-hydrogen) atoms. The molecule has 4 aromatic rings. The fraction of sp³-hybridized carbons (Fsp3) is 0.286. The fourth-order valence-electron chi connectivity index (χ4n) is 5.47. The summed E-state index contributed by atoms with van der Waals surface area (Å²) in [4.78, 5) is 23.2. The number of hydrogen-bond acceptors (Lipinski definition) is 4. The van der Waals surface area contributed by atoms with Crippen LogP contribution in [0.4, 0.5) is 5.13 Å². The Balaban J connectivity index is 1.24. The highest BCUT2D eigenvalue weighted by molar-refractivity contribution is 7.22. The molecular weight excluding hydrogens is 426 g/mol. The number of fused-ring (bicyclic) bond motifs is 3. The smallest absolute Gasteiger partial charge is 0.254 e. The monoisotopic (exact) mass is 453 g/mol. The number of benzene rings is 3. The second-order valence-corrected chi connectivity index (χ2v) is 10.5. The number of aryl methyl sites for hydroxylation is 1. The molecular formula is C28H27N3OS. The number of amides is 1. The van der Waals surface area contributed by atoms with Crippen LogP contribution in [-0.4, -0.2) is 42.0 Å². The first-order valence-electron chi connectivity index (χ1n) is 11.7. The van der Waals surface area contributed by atoms with Crippen molar-refractivity contribution in [2.24, 2.45) is 11.8 Å². The summed E-state index contributed by atoms with van der Waals surface area (Å²) in [5.74, 6) is 1.14. The van der Waals surface area contributed by atoms with Crippen molar-refractivity contribution in [2.45, 2.75) is 13.3 Å². The molecule has 4 nitrogen and oxygen atoms in total. The van der Waals surface area contributed by atoms with Gasteiger partial charge >= 0.3 is 0 Å². The lowest BCUT2D eigenvalue weighted by Crippen LogP contribution is -2.54. The van der Waals surface area contributed by atoms with Crippen molar-refractivity contribution in [3.8, 4) is 11.1 Å². The van der Waals surface area contributed by atoms with E-state index in [0.717, 1.165) is 59.1 Å². The maximum atomic E-state index is 13.7. The van der Waals surface area contributed by atoms with Crippen LogP contribution in [0.5, 0.6) is 0 Å². The maximum absolute atomic E-state index is 13.7. The third-order valence-corrected chi connectivity index (χ3v) is 8.01. The van der Waals surface area contributed by atoms with Crippen LogP contribution >= 0.6 is 11.3 Å². The van der Waals surface area contributed by atoms with Gasteiger partial charge in [-0.1, -0.05) is 71.5 Å². The Morgan fingerprint density at radius 3 is 2.39 bits per heavy atom. The van der Waals surface area contributed by atoms with Crippen LogP contribution in [0.15, 0.2) is 72.8 Å². The van der Waals surface area contributed by atoms with E-state index in [1.54, 1.807) is 11.3 Å². The summed E-state index contributed by atoms with van der Waals surface area (Å²) < 4.78 is 1.24. The van der Waals surface area contributed by atoms with E-state index in [1.165, 1.54) is 11.1 Å². The second kappa shape index (κ2) is 8.31. The summed E-state index contributed by atoms with van der Waals surface area (Å²) in [5, 5.41) is 1.12. The Kier molecular flexibility index (Phi) is 5.14. The summed E-state index contributed by atoms with van der Waals surface area (Å²) >= 11 is 1.78. The van der Waals surface area contributed by atoms with Crippen molar-refractivity contribution in [2.75, 3.05) is 31.1 Å². The molecule has 2 saturated heterocycles. The largest absolute Gasteiger partial charge is 0.347 e. The standard InChI is InChI=1S/C28H27N3OS/c1-19-11-12-23(22-7-3-2-4-8-22)24(13-19)27(32)30-15-20-14-21(16-30)18-31(17-20)28-29-25-9-5-6-10-26(25)33-28/h2-13,20-21H,14-18H2,1H3. The quantitative estimate of drug-likeness (QED) is 0.389. The molecule has 1 amide bonds. The number of nitrogens with zero attached hydrogens (tertiary/aromatic N) is 3. The minimum atomic E-state index is 0.167. The highest BCUT2D eigenvalue weighted by atomic mass is 32.1. The molecule has 3 aromatic carbocycles. The van der Waals surface area contributed by atoms with Crippen molar-refractivity contribution in [3.63, 3.8) is 0 Å². The van der Waals surface area contributed by atoms with Gasteiger partial charge in [-0.25, -0.2) is 4.98 Å². The molecule has 2 atom stereocenters. The lowest BCUT2D eigenvalue weighted by atomic mass is 9.84. The molecule has 2 aliphatic heterocycles. The average molecular weight is 454 g/mol. The molecule has 2 aliphatic rings. The van der Waals surface area contributed by atoms with E-state index in [-0.39, 0.29) is 5.91 Å². The number of hydrogen-bond donors (Lipinski definition) is 0. The summed E-state index contributed by atoms with van der Waals surface area (Å²) in [6, 6.07) is 24.9. The molecule has 166 valence electrons. The highest BCUT2D eigenvalue weighted by Crippen LogP contribution is 2.36. The molecule has 3 heterocycles. The van der Waals surface area contributed by atoms with E-state index in [9.17, 15) is 4.79 Å². The normalized spacial score (nSPS) is 20.3. The lowest BCUT2D eigenvalue weighted by molar-refractivity contribution is 0.0565. The van der Waals surface area contributed by atoms with Crippen LogP contribution in [0.2, 0.25) is 0 Å². The number of carbonyl (C=O) groups excluding carboxylic acids is 1. The van der Waals surface area contributed by atoms with Gasteiger partial charge in [0, 0.05) is 31.7 Å². The van der Waals surface area contributed by atoms with Gasteiger partial charge in [-0.05, 0) is 54.5 Å². The number of thiazole rings is 1. The van der Waals surface area contributed by atoms with Crippen LogP contribution in [0.1, 0.15) is 22.3 Å². The topological polar surface area (TPSA) is 36.4 Å². The molecule has 0 spiro atoms. The van der Waals surface area contributed by atoms with Gasteiger partial charge in [0.15, 0.2) is 5.13 Å². The molecule has 2 bridgehead atoms. The fourth-order valence-corrected chi connectivity index (χ4v) is 6.46. The predicted octanol–water partition coefficient (Wildman–Crippen LogP) is 5.87. The summed E-state index contributed by atoms with van der Waals surface area (Å²) in [6.07, 6.45) is 1.20. The van der Waals surface area contributed by atoms with E-state index in [0.29, 0.717) is 11.8 Å². The zero-order valence-electron chi connectivity index (χ0n) is 18.8. The first-order valence-corrected chi connectivity index (χ1v) is 12.5.